The first-order chi connectivity index (χ1) is 8.66. The largest absolute Gasteiger partial charge is 0.398 e. The zero-order chi connectivity index (χ0) is 13.0. The lowest BCUT2D eigenvalue weighted by Gasteiger charge is -2.09. The Bertz CT molecular complexity index is 523. The van der Waals surface area contributed by atoms with Gasteiger partial charge in [0.1, 0.15) is 0 Å². The van der Waals surface area contributed by atoms with E-state index < -0.39 is 0 Å². The minimum atomic E-state index is 0.326. The second-order valence-electron chi connectivity index (χ2n) is 4.69. The lowest BCUT2D eigenvalue weighted by atomic mass is 9.98. The summed E-state index contributed by atoms with van der Waals surface area (Å²) < 4.78 is 0. The molecule has 0 amide bonds. The van der Waals surface area contributed by atoms with Crippen LogP contribution in [0.2, 0.25) is 0 Å². The lowest BCUT2D eigenvalue weighted by Crippen LogP contribution is -1.99. The standard InChI is InChI=1S/C17H19N/c1-13-8-10-16(11-9-13)17(18)12-14(2)15-6-4-3-5-7-15/h3-12,14H,18H2,1-2H3/b17-12-. The van der Waals surface area contributed by atoms with Crippen molar-refractivity contribution < 1.29 is 0 Å². The molecular formula is C17H19N. The van der Waals surface area contributed by atoms with Crippen molar-refractivity contribution in [2.45, 2.75) is 19.8 Å². The molecule has 0 aliphatic carbocycles. The van der Waals surface area contributed by atoms with Gasteiger partial charge in [-0.1, -0.05) is 73.2 Å². The average molecular weight is 237 g/mol. The Hall–Kier alpha value is -2.02. The van der Waals surface area contributed by atoms with E-state index >= 15 is 0 Å². The molecule has 2 rings (SSSR count). The zero-order valence-electron chi connectivity index (χ0n) is 10.9. The van der Waals surface area contributed by atoms with Gasteiger partial charge in [0.2, 0.25) is 0 Å². The van der Waals surface area contributed by atoms with Gasteiger partial charge in [0.25, 0.3) is 0 Å². The Labute approximate surface area is 109 Å². The lowest BCUT2D eigenvalue weighted by molar-refractivity contribution is 0.967. The third-order valence-electron chi connectivity index (χ3n) is 3.14. The quantitative estimate of drug-likeness (QED) is 0.854. The summed E-state index contributed by atoms with van der Waals surface area (Å²) in [7, 11) is 0. The van der Waals surface area contributed by atoms with E-state index in [0.717, 1.165) is 11.3 Å². The van der Waals surface area contributed by atoms with Gasteiger partial charge in [0.15, 0.2) is 0 Å². The molecule has 1 unspecified atom stereocenters. The number of benzene rings is 2. The predicted octanol–water partition coefficient (Wildman–Crippen LogP) is 4.10. The molecule has 0 aliphatic rings. The minimum absolute atomic E-state index is 0.326. The van der Waals surface area contributed by atoms with Crippen molar-refractivity contribution in [3.8, 4) is 0 Å². The van der Waals surface area contributed by atoms with Gasteiger partial charge in [-0.15, -0.1) is 0 Å². The smallest absolute Gasteiger partial charge is 0.0353 e. The van der Waals surface area contributed by atoms with E-state index in [9.17, 15) is 0 Å². The minimum Gasteiger partial charge on any atom is -0.398 e. The summed E-state index contributed by atoms with van der Waals surface area (Å²) in [6.07, 6.45) is 2.11. The summed E-state index contributed by atoms with van der Waals surface area (Å²) in [6.45, 7) is 4.24. The number of hydrogen-bond acceptors (Lipinski definition) is 1. The molecule has 0 saturated carbocycles. The highest BCUT2D eigenvalue weighted by Gasteiger charge is 2.03. The van der Waals surface area contributed by atoms with Crippen LogP contribution in [0.1, 0.15) is 29.5 Å². The Morgan fingerprint density at radius 3 is 2.22 bits per heavy atom. The van der Waals surface area contributed by atoms with Crippen LogP contribution in [0.25, 0.3) is 5.70 Å². The topological polar surface area (TPSA) is 26.0 Å². The molecule has 2 N–H and O–H groups in total. The van der Waals surface area contributed by atoms with Crippen LogP contribution in [0, 0.1) is 6.92 Å². The molecular weight excluding hydrogens is 218 g/mol. The molecule has 92 valence electrons. The van der Waals surface area contributed by atoms with Crippen LogP contribution < -0.4 is 5.73 Å². The van der Waals surface area contributed by atoms with E-state index in [0.29, 0.717) is 5.92 Å². The highest BCUT2D eigenvalue weighted by molar-refractivity contribution is 5.63. The molecule has 0 aromatic heterocycles. The van der Waals surface area contributed by atoms with Crippen molar-refractivity contribution in [3.63, 3.8) is 0 Å². The van der Waals surface area contributed by atoms with Crippen LogP contribution in [0.15, 0.2) is 60.7 Å². The third kappa shape index (κ3) is 3.01. The molecule has 1 nitrogen and oxygen atoms in total. The van der Waals surface area contributed by atoms with Crippen LogP contribution in [0.4, 0.5) is 0 Å². The van der Waals surface area contributed by atoms with Gasteiger partial charge in [-0.05, 0) is 18.1 Å². The molecule has 2 aromatic rings. The van der Waals surface area contributed by atoms with Crippen molar-refractivity contribution in [1.29, 1.82) is 0 Å². The van der Waals surface area contributed by atoms with Crippen molar-refractivity contribution in [3.05, 3.63) is 77.4 Å². The second kappa shape index (κ2) is 5.54. The Kier molecular flexibility index (Phi) is 3.83. The van der Waals surface area contributed by atoms with Crippen molar-refractivity contribution in [1.82, 2.24) is 0 Å². The van der Waals surface area contributed by atoms with Crippen molar-refractivity contribution >= 4 is 5.70 Å². The highest BCUT2D eigenvalue weighted by atomic mass is 14.6. The Morgan fingerprint density at radius 1 is 1.00 bits per heavy atom. The number of rotatable bonds is 3. The summed E-state index contributed by atoms with van der Waals surface area (Å²) in [5, 5.41) is 0. The molecule has 0 fully saturated rings. The molecule has 0 saturated heterocycles. The fourth-order valence-electron chi connectivity index (χ4n) is 1.96. The van der Waals surface area contributed by atoms with E-state index in [1.165, 1.54) is 11.1 Å². The van der Waals surface area contributed by atoms with Gasteiger partial charge >= 0.3 is 0 Å². The first kappa shape index (κ1) is 12.4. The Balaban J connectivity index is 2.20. The number of aryl methyl sites for hydroxylation is 1. The highest BCUT2D eigenvalue weighted by Crippen LogP contribution is 2.20. The molecule has 0 radical (unpaired) electrons. The number of hydrogen-bond donors (Lipinski definition) is 1. The predicted molar refractivity (Wildman–Crippen MR) is 78.2 cm³/mol. The summed E-state index contributed by atoms with van der Waals surface area (Å²) in [6, 6.07) is 18.7. The Morgan fingerprint density at radius 2 is 1.61 bits per heavy atom. The summed E-state index contributed by atoms with van der Waals surface area (Å²) in [5.41, 5.74) is 10.6. The molecule has 0 spiro atoms. The molecule has 1 heteroatoms. The summed E-state index contributed by atoms with van der Waals surface area (Å²) in [4.78, 5) is 0. The molecule has 0 heterocycles. The SMILES string of the molecule is Cc1ccc(/C(N)=C/C(C)c2ccccc2)cc1. The van der Waals surface area contributed by atoms with Gasteiger partial charge in [-0.25, -0.2) is 0 Å². The first-order valence-electron chi connectivity index (χ1n) is 6.26. The zero-order valence-corrected chi connectivity index (χ0v) is 10.9. The van der Waals surface area contributed by atoms with Gasteiger partial charge in [0.05, 0.1) is 0 Å². The molecule has 18 heavy (non-hydrogen) atoms. The van der Waals surface area contributed by atoms with Gasteiger partial charge in [-0.3, -0.25) is 0 Å². The summed E-state index contributed by atoms with van der Waals surface area (Å²) >= 11 is 0. The normalized spacial score (nSPS) is 13.3. The van der Waals surface area contributed by atoms with Crippen LogP contribution in [-0.2, 0) is 0 Å². The van der Waals surface area contributed by atoms with Crippen LogP contribution >= 0.6 is 0 Å². The maximum absolute atomic E-state index is 6.14. The molecule has 1 atom stereocenters. The maximum atomic E-state index is 6.14. The fraction of sp³-hybridized carbons (Fsp3) is 0.176. The van der Waals surface area contributed by atoms with Gasteiger partial charge in [-0.2, -0.15) is 0 Å². The average Bonchev–Trinajstić information content (AvgIpc) is 2.40. The van der Waals surface area contributed by atoms with E-state index in [4.69, 9.17) is 5.73 Å². The van der Waals surface area contributed by atoms with Crippen molar-refractivity contribution in [2.24, 2.45) is 5.73 Å². The van der Waals surface area contributed by atoms with Crippen LogP contribution in [0.3, 0.4) is 0 Å². The van der Waals surface area contributed by atoms with E-state index in [1.807, 2.05) is 6.07 Å². The monoisotopic (exact) mass is 237 g/mol. The van der Waals surface area contributed by atoms with Gasteiger partial charge in [0, 0.05) is 11.6 Å². The maximum Gasteiger partial charge on any atom is 0.0353 e. The first-order valence-corrected chi connectivity index (χ1v) is 6.26. The van der Waals surface area contributed by atoms with Crippen molar-refractivity contribution in [2.75, 3.05) is 0 Å². The number of allylic oxidation sites excluding steroid dienone is 1. The third-order valence-corrected chi connectivity index (χ3v) is 3.14. The van der Waals surface area contributed by atoms with E-state index in [1.54, 1.807) is 0 Å². The second-order valence-corrected chi connectivity index (χ2v) is 4.69. The van der Waals surface area contributed by atoms with E-state index in [2.05, 4.69) is 68.5 Å². The van der Waals surface area contributed by atoms with Gasteiger partial charge < -0.3 is 5.73 Å². The molecule has 2 aromatic carbocycles. The fourth-order valence-corrected chi connectivity index (χ4v) is 1.96. The van der Waals surface area contributed by atoms with Crippen LogP contribution in [-0.4, -0.2) is 0 Å². The van der Waals surface area contributed by atoms with Crippen LogP contribution in [0.5, 0.6) is 0 Å². The van der Waals surface area contributed by atoms with E-state index in [-0.39, 0.29) is 0 Å². The molecule has 0 aliphatic heterocycles. The summed E-state index contributed by atoms with van der Waals surface area (Å²) in [5.74, 6) is 0.326. The molecule has 0 bridgehead atoms. The number of nitrogens with two attached hydrogens (primary N) is 1.